The van der Waals surface area contributed by atoms with Crippen LogP contribution in [0, 0.1) is 5.92 Å². The molecule has 1 atom stereocenters. The first-order chi connectivity index (χ1) is 8.13. The molecular weight excluding hydrogens is 240 g/mol. The van der Waals surface area contributed by atoms with Crippen molar-refractivity contribution in [2.75, 3.05) is 5.32 Å². The summed E-state index contributed by atoms with van der Waals surface area (Å²) in [6.07, 6.45) is 3.41. The largest absolute Gasteiger partial charge is 0.550 e. The van der Waals surface area contributed by atoms with E-state index >= 15 is 0 Å². The van der Waals surface area contributed by atoms with Gasteiger partial charge in [-0.05, 0) is 18.8 Å². The second kappa shape index (κ2) is 7.01. The van der Waals surface area contributed by atoms with Crippen LogP contribution in [0.3, 0.4) is 0 Å². The van der Waals surface area contributed by atoms with Crippen LogP contribution >= 0.6 is 11.3 Å². The van der Waals surface area contributed by atoms with Crippen LogP contribution in [0.1, 0.15) is 32.6 Å². The smallest absolute Gasteiger partial charge is 0.226 e. The van der Waals surface area contributed by atoms with E-state index in [0.717, 1.165) is 6.42 Å². The first-order valence-corrected chi connectivity index (χ1v) is 6.41. The maximum absolute atomic E-state index is 11.5. The van der Waals surface area contributed by atoms with Crippen LogP contribution in [0.2, 0.25) is 0 Å². The molecule has 1 aromatic rings. The third kappa shape index (κ3) is 4.95. The van der Waals surface area contributed by atoms with E-state index in [2.05, 4.69) is 10.3 Å². The standard InChI is InChI=1S/C11H16N2O3S/c1-2-3-8(10(15)16)4-5-9(14)13-11-12-6-7-17-11/h6-8H,2-5H2,1H3,(H,15,16)(H,12,13,14)/p-1/t8-/m1/s1. The summed E-state index contributed by atoms with van der Waals surface area (Å²) in [5.41, 5.74) is 0. The zero-order valence-corrected chi connectivity index (χ0v) is 10.5. The molecule has 0 radical (unpaired) electrons. The van der Waals surface area contributed by atoms with Gasteiger partial charge in [-0.1, -0.05) is 13.3 Å². The fourth-order valence-electron chi connectivity index (χ4n) is 1.50. The molecule has 0 spiro atoms. The van der Waals surface area contributed by atoms with E-state index in [1.165, 1.54) is 11.3 Å². The maximum Gasteiger partial charge on any atom is 0.226 e. The number of hydrogen-bond acceptors (Lipinski definition) is 5. The Kier molecular flexibility index (Phi) is 5.62. The van der Waals surface area contributed by atoms with Crippen molar-refractivity contribution in [2.45, 2.75) is 32.6 Å². The van der Waals surface area contributed by atoms with E-state index < -0.39 is 11.9 Å². The molecule has 1 heterocycles. The van der Waals surface area contributed by atoms with Gasteiger partial charge >= 0.3 is 0 Å². The predicted octanol–water partition coefficient (Wildman–Crippen LogP) is 1.03. The summed E-state index contributed by atoms with van der Waals surface area (Å²) >= 11 is 1.33. The van der Waals surface area contributed by atoms with Gasteiger partial charge in [-0.3, -0.25) is 4.79 Å². The Morgan fingerprint density at radius 1 is 1.53 bits per heavy atom. The molecule has 5 nitrogen and oxygen atoms in total. The van der Waals surface area contributed by atoms with Crippen molar-refractivity contribution in [3.63, 3.8) is 0 Å². The third-order valence-electron chi connectivity index (χ3n) is 2.37. The average Bonchev–Trinajstić information content (AvgIpc) is 2.76. The normalized spacial score (nSPS) is 12.1. The number of aliphatic carboxylic acids is 1. The van der Waals surface area contributed by atoms with Gasteiger partial charge in [0.15, 0.2) is 5.13 Å². The molecule has 0 aliphatic carbocycles. The number of carboxylic acids is 1. The highest BCUT2D eigenvalue weighted by atomic mass is 32.1. The van der Waals surface area contributed by atoms with Gasteiger partial charge in [-0.15, -0.1) is 11.3 Å². The molecule has 0 aliphatic rings. The lowest BCUT2D eigenvalue weighted by atomic mass is 9.98. The minimum atomic E-state index is -1.08. The Morgan fingerprint density at radius 2 is 2.29 bits per heavy atom. The lowest BCUT2D eigenvalue weighted by molar-refractivity contribution is -0.312. The Morgan fingerprint density at radius 3 is 2.82 bits per heavy atom. The van der Waals surface area contributed by atoms with E-state index in [1.807, 2.05) is 6.92 Å². The number of nitrogens with zero attached hydrogens (tertiary/aromatic N) is 1. The van der Waals surface area contributed by atoms with Gasteiger partial charge in [-0.2, -0.15) is 0 Å². The number of thiazole rings is 1. The molecule has 94 valence electrons. The Hall–Kier alpha value is -1.43. The van der Waals surface area contributed by atoms with E-state index in [4.69, 9.17) is 0 Å². The van der Waals surface area contributed by atoms with Gasteiger partial charge in [-0.25, -0.2) is 4.98 Å². The van der Waals surface area contributed by atoms with Gasteiger partial charge in [0.05, 0.1) is 0 Å². The molecule has 0 aliphatic heterocycles. The van der Waals surface area contributed by atoms with Crippen molar-refractivity contribution in [1.82, 2.24) is 4.98 Å². The van der Waals surface area contributed by atoms with Gasteiger partial charge in [0.2, 0.25) is 5.91 Å². The third-order valence-corrected chi connectivity index (χ3v) is 3.06. The van der Waals surface area contributed by atoms with Crippen molar-refractivity contribution in [3.8, 4) is 0 Å². The summed E-state index contributed by atoms with van der Waals surface area (Å²) in [6, 6.07) is 0. The number of carboxylic acid groups (broad SMARTS) is 1. The lowest BCUT2D eigenvalue weighted by Crippen LogP contribution is -2.32. The van der Waals surface area contributed by atoms with Crippen LogP contribution in [-0.2, 0) is 9.59 Å². The first-order valence-electron chi connectivity index (χ1n) is 5.53. The predicted molar refractivity (Wildman–Crippen MR) is 63.4 cm³/mol. The molecule has 17 heavy (non-hydrogen) atoms. The minimum absolute atomic E-state index is 0.179. The van der Waals surface area contributed by atoms with E-state index in [0.29, 0.717) is 18.0 Å². The van der Waals surface area contributed by atoms with Crippen LogP contribution in [-0.4, -0.2) is 16.9 Å². The van der Waals surface area contributed by atoms with Crippen LogP contribution in [0.4, 0.5) is 5.13 Å². The fourth-order valence-corrected chi connectivity index (χ4v) is 2.05. The number of amides is 1. The van der Waals surface area contributed by atoms with E-state index in [-0.39, 0.29) is 12.3 Å². The Labute approximate surface area is 104 Å². The van der Waals surface area contributed by atoms with Crippen LogP contribution < -0.4 is 10.4 Å². The number of carbonyl (C=O) groups excluding carboxylic acids is 2. The van der Waals surface area contributed by atoms with Gasteiger partial charge in [0.1, 0.15) is 0 Å². The van der Waals surface area contributed by atoms with Crippen molar-refractivity contribution in [2.24, 2.45) is 5.92 Å². The molecular formula is C11H15N2O3S-. The molecule has 6 heteroatoms. The molecule has 0 saturated carbocycles. The van der Waals surface area contributed by atoms with Gasteiger partial charge in [0.25, 0.3) is 0 Å². The number of rotatable bonds is 7. The summed E-state index contributed by atoms with van der Waals surface area (Å²) < 4.78 is 0. The molecule has 1 amide bonds. The molecule has 1 N–H and O–H groups in total. The Balaban J connectivity index is 2.33. The van der Waals surface area contributed by atoms with Gasteiger partial charge < -0.3 is 15.2 Å². The number of carbonyl (C=O) groups is 2. The van der Waals surface area contributed by atoms with E-state index in [1.54, 1.807) is 11.6 Å². The molecule has 0 saturated heterocycles. The average molecular weight is 255 g/mol. The SMILES string of the molecule is CCC[C@H](CCC(=O)Nc1nccs1)C(=O)[O-]. The lowest BCUT2D eigenvalue weighted by Gasteiger charge is -2.16. The van der Waals surface area contributed by atoms with Crippen molar-refractivity contribution in [3.05, 3.63) is 11.6 Å². The zero-order chi connectivity index (χ0) is 12.7. The number of anilines is 1. The zero-order valence-electron chi connectivity index (χ0n) is 9.64. The highest BCUT2D eigenvalue weighted by Crippen LogP contribution is 2.15. The fraction of sp³-hybridized carbons (Fsp3) is 0.545. The number of hydrogen-bond donors (Lipinski definition) is 1. The molecule has 0 unspecified atom stereocenters. The topological polar surface area (TPSA) is 82.1 Å². The Bertz CT molecular complexity index is 365. The summed E-state index contributed by atoms with van der Waals surface area (Å²) in [5.74, 6) is -1.82. The quantitative estimate of drug-likeness (QED) is 0.788. The van der Waals surface area contributed by atoms with Crippen LogP contribution in [0.15, 0.2) is 11.6 Å². The summed E-state index contributed by atoms with van der Waals surface area (Å²) in [6.45, 7) is 1.91. The van der Waals surface area contributed by atoms with Crippen molar-refractivity contribution < 1.29 is 14.7 Å². The molecule has 0 bridgehead atoms. The first kappa shape index (κ1) is 13.6. The van der Waals surface area contributed by atoms with Crippen molar-refractivity contribution in [1.29, 1.82) is 0 Å². The van der Waals surface area contributed by atoms with E-state index in [9.17, 15) is 14.7 Å². The molecule has 1 aromatic heterocycles. The molecule has 1 rings (SSSR count). The summed E-state index contributed by atoms with van der Waals surface area (Å²) in [7, 11) is 0. The second-order valence-corrected chi connectivity index (χ2v) is 4.62. The number of aromatic nitrogens is 1. The van der Waals surface area contributed by atoms with Gasteiger partial charge in [0, 0.05) is 24.0 Å². The highest BCUT2D eigenvalue weighted by molar-refractivity contribution is 7.13. The van der Waals surface area contributed by atoms with Crippen molar-refractivity contribution >= 4 is 28.3 Å². The van der Waals surface area contributed by atoms with Crippen LogP contribution in [0.25, 0.3) is 0 Å². The monoisotopic (exact) mass is 255 g/mol. The maximum atomic E-state index is 11.5. The van der Waals surface area contributed by atoms with Crippen LogP contribution in [0.5, 0.6) is 0 Å². The molecule has 0 fully saturated rings. The second-order valence-electron chi connectivity index (χ2n) is 3.73. The number of nitrogens with one attached hydrogen (secondary N) is 1. The summed E-state index contributed by atoms with van der Waals surface area (Å²) in [5, 5.41) is 15.7. The molecule has 0 aromatic carbocycles. The minimum Gasteiger partial charge on any atom is -0.550 e. The summed E-state index contributed by atoms with van der Waals surface area (Å²) in [4.78, 5) is 26.2. The highest BCUT2D eigenvalue weighted by Gasteiger charge is 2.12.